The molecule has 0 aliphatic heterocycles. The lowest BCUT2D eigenvalue weighted by Gasteiger charge is -1.88. The topological polar surface area (TPSA) is 26.0 Å². The maximum Gasteiger partial charge on any atom is 0.0320 e. The average Bonchev–Trinajstić information content (AvgIpc) is 1.93. The summed E-state index contributed by atoms with van der Waals surface area (Å²) in [6, 6.07) is 0. The van der Waals surface area contributed by atoms with Gasteiger partial charge in [-0.05, 0) is 52.5 Å². The van der Waals surface area contributed by atoms with Crippen LogP contribution in [0.3, 0.4) is 0 Å². The summed E-state index contributed by atoms with van der Waals surface area (Å²) in [5.74, 6) is 0. The third-order valence-electron chi connectivity index (χ3n) is 1.11. The number of rotatable bonds is 0. The lowest BCUT2D eigenvalue weighted by molar-refractivity contribution is 1.42. The molecule has 1 aliphatic carbocycles. The largest absolute Gasteiger partial charge is 0.399 e. The van der Waals surface area contributed by atoms with Gasteiger partial charge in [-0.3, -0.25) is 0 Å². The third-order valence-corrected chi connectivity index (χ3v) is 1.78. The Morgan fingerprint density at radius 3 is 2.70 bits per heavy atom. The fourth-order valence-corrected chi connectivity index (χ4v) is 1.28. The van der Waals surface area contributed by atoms with Gasteiger partial charge in [0.1, 0.15) is 0 Å². The smallest absolute Gasteiger partial charge is 0.0320 e. The normalized spacial score (nSPS) is 17.9. The van der Waals surface area contributed by atoms with E-state index in [1.807, 2.05) is 24.3 Å². The van der Waals surface area contributed by atoms with Crippen molar-refractivity contribution in [2.45, 2.75) is 0 Å². The number of nitrogens with two attached hydrogens (primary N) is 1. The van der Waals surface area contributed by atoms with E-state index >= 15 is 0 Å². The Morgan fingerprint density at radius 2 is 2.00 bits per heavy atom. The molecule has 0 aromatic carbocycles. The highest BCUT2D eigenvalue weighted by Gasteiger charge is 1.93. The Hall–Kier alpha value is -0.510. The molecule has 1 aliphatic rings. The van der Waals surface area contributed by atoms with Crippen molar-refractivity contribution >= 4 is 22.6 Å². The molecule has 0 saturated heterocycles. The van der Waals surface area contributed by atoms with E-state index in [9.17, 15) is 0 Å². The van der Waals surface area contributed by atoms with Crippen LogP contribution >= 0.6 is 22.6 Å². The summed E-state index contributed by atoms with van der Waals surface area (Å²) in [6.45, 7) is 3.80. The SMILES string of the molecule is C=C1C=C(N)C=CC(I)=C1. The predicted molar refractivity (Wildman–Crippen MR) is 52.7 cm³/mol. The van der Waals surface area contributed by atoms with Gasteiger partial charge in [0.25, 0.3) is 0 Å². The Kier molecular flexibility index (Phi) is 2.32. The lowest BCUT2D eigenvalue weighted by Crippen LogP contribution is -1.91. The maximum absolute atomic E-state index is 5.56. The molecule has 0 saturated carbocycles. The summed E-state index contributed by atoms with van der Waals surface area (Å²) in [5.41, 5.74) is 7.27. The van der Waals surface area contributed by atoms with Crippen molar-refractivity contribution < 1.29 is 0 Å². The molecule has 0 amide bonds. The van der Waals surface area contributed by atoms with E-state index in [2.05, 4.69) is 29.2 Å². The zero-order chi connectivity index (χ0) is 7.56. The fraction of sp³-hybridized carbons (Fsp3) is 0. The molecule has 0 aromatic heterocycles. The highest BCUT2D eigenvalue weighted by molar-refractivity contribution is 14.1. The van der Waals surface area contributed by atoms with Gasteiger partial charge in [0.05, 0.1) is 0 Å². The van der Waals surface area contributed by atoms with E-state index < -0.39 is 0 Å². The van der Waals surface area contributed by atoms with Crippen LogP contribution in [0.15, 0.2) is 45.7 Å². The maximum atomic E-state index is 5.56. The molecule has 0 bridgehead atoms. The molecule has 0 heterocycles. The van der Waals surface area contributed by atoms with E-state index in [0.717, 1.165) is 14.8 Å². The molecular weight excluding hydrogens is 237 g/mol. The molecule has 0 unspecified atom stereocenters. The summed E-state index contributed by atoms with van der Waals surface area (Å²) < 4.78 is 1.15. The highest BCUT2D eigenvalue weighted by Crippen LogP contribution is 2.15. The summed E-state index contributed by atoms with van der Waals surface area (Å²) in [7, 11) is 0. The first kappa shape index (κ1) is 7.60. The standard InChI is InChI=1S/C8H8IN/c1-6-4-7(9)2-3-8(10)5-6/h2-5H,1,10H2. The number of allylic oxidation sites excluding steroid dienone is 6. The van der Waals surface area contributed by atoms with Crippen molar-refractivity contribution in [3.8, 4) is 0 Å². The zero-order valence-electron chi connectivity index (χ0n) is 5.47. The Balaban J connectivity index is 2.98. The molecule has 1 rings (SSSR count). The average molecular weight is 245 g/mol. The predicted octanol–water partition coefficient (Wildman–Crippen LogP) is 2.27. The Bertz CT molecular complexity index is 222. The second kappa shape index (κ2) is 3.05. The molecule has 2 heteroatoms. The molecular formula is C8H8IN. The lowest BCUT2D eigenvalue weighted by atomic mass is 10.2. The molecule has 0 fully saturated rings. The van der Waals surface area contributed by atoms with Gasteiger partial charge in [0, 0.05) is 9.28 Å². The quantitative estimate of drug-likeness (QED) is 0.651. The van der Waals surface area contributed by atoms with Crippen molar-refractivity contribution in [3.63, 3.8) is 0 Å². The van der Waals surface area contributed by atoms with Gasteiger partial charge in [-0.25, -0.2) is 0 Å². The van der Waals surface area contributed by atoms with Gasteiger partial charge in [-0.15, -0.1) is 0 Å². The molecule has 10 heavy (non-hydrogen) atoms. The summed E-state index contributed by atoms with van der Waals surface area (Å²) >= 11 is 2.23. The van der Waals surface area contributed by atoms with Crippen LogP contribution in [0.5, 0.6) is 0 Å². The van der Waals surface area contributed by atoms with E-state index in [0.29, 0.717) is 0 Å². The summed E-state index contributed by atoms with van der Waals surface area (Å²) in [4.78, 5) is 0. The van der Waals surface area contributed by atoms with Crippen molar-refractivity contribution in [3.05, 3.63) is 45.7 Å². The van der Waals surface area contributed by atoms with Crippen LogP contribution in [0, 0.1) is 0 Å². The summed E-state index contributed by atoms with van der Waals surface area (Å²) in [5, 5.41) is 0. The fourth-order valence-electron chi connectivity index (χ4n) is 0.705. The van der Waals surface area contributed by atoms with E-state index in [1.165, 1.54) is 0 Å². The third kappa shape index (κ3) is 2.02. The van der Waals surface area contributed by atoms with Gasteiger partial charge in [0.2, 0.25) is 0 Å². The van der Waals surface area contributed by atoms with Crippen LogP contribution in [0.25, 0.3) is 0 Å². The number of hydrogen-bond acceptors (Lipinski definition) is 1. The van der Waals surface area contributed by atoms with Crippen molar-refractivity contribution in [1.29, 1.82) is 0 Å². The molecule has 52 valence electrons. The van der Waals surface area contributed by atoms with Gasteiger partial charge >= 0.3 is 0 Å². The zero-order valence-corrected chi connectivity index (χ0v) is 7.63. The minimum Gasteiger partial charge on any atom is -0.399 e. The molecule has 0 aromatic rings. The van der Waals surface area contributed by atoms with Gasteiger partial charge in [-0.2, -0.15) is 0 Å². The van der Waals surface area contributed by atoms with Gasteiger partial charge < -0.3 is 5.73 Å². The van der Waals surface area contributed by atoms with Gasteiger partial charge in [0.15, 0.2) is 0 Å². The minimum atomic E-state index is 0.757. The number of hydrogen-bond donors (Lipinski definition) is 1. The Labute approximate surface area is 74.1 Å². The second-order valence-electron chi connectivity index (χ2n) is 2.08. The van der Waals surface area contributed by atoms with Crippen LogP contribution in [0.2, 0.25) is 0 Å². The van der Waals surface area contributed by atoms with Crippen LogP contribution in [-0.2, 0) is 0 Å². The van der Waals surface area contributed by atoms with E-state index in [4.69, 9.17) is 5.73 Å². The van der Waals surface area contributed by atoms with Crippen LogP contribution in [0.1, 0.15) is 0 Å². The van der Waals surface area contributed by atoms with Crippen LogP contribution in [0.4, 0.5) is 0 Å². The molecule has 2 N–H and O–H groups in total. The monoisotopic (exact) mass is 245 g/mol. The number of halogens is 1. The van der Waals surface area contributed by atoms with Crippen molar-refractivity contribution in [2.75, 3.05) is 0 Å². The first-order chi connectivity index (χ1) is 4.68. The first-order valence-electron chi connectivity index (χ1n) is 2.90. The van der Waals surface area contributed by atoms with Crippen molar-refractivity contribution in [1.82, 2.24) is 0 Å². The highest BCUT2D eigenvalue weighted by atomic mass is 127. The molecule has 0 spiro atoms. The molecule has 1 nitrogen and oxygen atoms in total. The minimum absolute atomic E-state index is 0.757. The Morgan fingerprint density at radius 1 is 1.30 bits per heavy atom. The van der Waals surface area contributed by atoms with Crippen molar-refractivity contribution in [2.24, 2.45) is 5.73 Å². The van der Waals surface area contributed by atoms with E-state index in [1.54, 1.807) is 0 Å². The van der Waals surface area contributed by atoms with Crippen LogP contribution in [-0.4, -0.2) is 0 Å². The summed E-state index contributed by atoms with van der Waals surface area (Å²) in [6.07, 6.45) is 7.67. The van der Waals surface area contributed by atoms with Crippen LogP contribution < -0.4 is 5.73 Å². The second-order valence-corrected chi connectivity index (χ2v) is 3.33. The van der Waals surface area contributed by atoms with E-state index in [-0.39, 0.29) is 0 Å². The molecule has 0 radical (unpaired) electrons. The van der Waals surface area contributed by atoms with Gasteiger partial charge in [-0.1, -0.05) is 6.58 Å². The first-order valence-corrected chi connectivity index (χ1v) is 3.98. The molecule has 0 atom stereocenters.